The van der Waals surface area contributed by atoms with Gasteiger partial charge in [-0.15, -0.1) is 11.8 Å². The van der Waals surface area contributed by atoms with Crippen LogP contribution in [0.1, 0.15) is 11.6 Å². The van der Waals surface area contributed by atoms with Crippen molar-refractivity contribution in [1.82, 2.24) is 4.98 Å². The van der Waals surface area contributed by atoms with Crippen LogP contribution >= 0.6 is 11.8 Å². The third kappa shape index (κ3) is 3.98. The van der Waals surface area contributed by atoms with Crippen LogP contribution in [-0.2, 0) is 0 Å². The summed E-state index contributed by atoms with van der Waals surface area (Å²) in [5.41, 5.74) is 9.76. The van der Waals surface area contributed by atoms with Crippen LogP contribution in [-0.4, -0.2) is 10.2 Å². The Labute approximate surface area is 255 Å². The lowest BCUT2D eigenvalue weighted by Gasteiger charge is -2.19. The summed E-state index contributed by atoms with van der Waals surface area (Å²) in [6, 6.07) is 46.6. The standard InChI is InChI=1S/C41H27NS/c1-3-11-26(12-4-1)39-31-15-7-8-16-32(31)40(27-13-5-2-6-14-27)35-24-29(19-21-33(35)39)28-20-22-36-30(23-28)25-38-41(42-36)34-17-9-10-18-37(34)43-38/h1-25,34,37H. The number of pyridine rings is 1. The summed E-state index contributed by atoms with van der Waals surface area (Å²) >= 11 is 1.94. The zero-order valence-electron chi connectivity index (χ0n) is 23.4. The van der Waals surface area contributed by atoms with Crippen LogP contribution in [0.2, 0.25) is 0 Å². The second-order valence-electron chi connectivity index (χ2n) is 11.4. The van der Waals surface area contributed by atoms with E-state index in [2.05, 4.69) is 152 Å². The van der Waals surface area contributed by atoms with Crippen molar-refractivity contribution < 1.29 is 0 Å². The van der Waals surface area contributed by atoms with Gasteiger partial charge in [0.25, 0.3) is 0 Å². The van der Waals surface area contributed by atoms with Gasteiger partial charge in [-0.3, -0.25) is 4.98 Å². The van der Waals surface area contributed by atoms with Crippen molar-refractivity contribution in [3.63, 3.8) is 0 Å². The molecule has 0 amide bonds. The van der Waals surface area contributed by atoms with E-state index in [1.54, 1.807) is 0 Å². The van der Waals surface area contributed by atoms with E-state index in [4.69, 9.17) is 4.98 Å². The number of hydrogen-bond donors (Lipinski definition) is 0. The fourth-order valence-electron chi connectivity index (χ4n) is 6.97. The molecule has 2 heteroatoms. The highest BCUT2D eigenvalue weighted by molar-refractivity contribution is 8.00. The molecular weight excluding hydrogens is 539 g/mol. The zero-order chi connectivity index (χ0) is 28.3. The van der Waals surface area contributed by atoms with Gasteiger partial charge in [0.1, 0.15) is 0 Å². The molecule has 0 N–H and O–H groups in total. The highest BCUT2D eigenvalue weighted by atomic mass is 32.2. The first-order valence-electron chi connectivity index (χ1n) is 14.9. The first kappa shape index (κ1) is 24.7. The molecule has 0 bridgehead atoms. The Morgan fingerprint density at radius 2 is 1.09 bits per heavy atom. The van der Waals surface area contributed by atoms with Gasteiger partial charge in [0.05, 0.1) is 11.2 Å². The fourth-order valence-corrected chi connectivity index (χ4v) is 8.29. The van der Waals surface area contributed by atoms with E-state index in [1.807, 2.05) is 11.8 Å². The highest BCUT2D eigenvalue weighted by Gasteiger charge is 2.32. The van der Waals surface area contributed by atoms with Crippen molar-refractivity contribution in [2.24, 2.45) is 0 Å². The van der Waals surface area contributed by atoms with E-state index >= 15 is 0 Å². The van der Waals surface area contributed by atoms with Crippen LogP contribution in [0.4, 0.5) is 0 Å². The van der Waals surface area contributed by atoms with Gasteiger partial charge in [-0.2, -0.15) is 0 Å². The molecule has 0 saturated heterocycles. The number of nitrogens with zero attached hydrogens (tertiary/aromatic N) is 1. The summed E-state index contributed by atoms with van der Waals surface area (Å²) in [5, 5.41) is 6.74. The lowest BCUT2D eigenvalue weighted by Crippen LogP contribution is -2.07. The molecule has 202 valence electrons. The first-order valence-corrected chi connectivity index (χ1v) is 15.8. The quantitative estimate of drug-likeness (QED) is 0.198. The molecule has 1 aromatic heterocycles. The van der Waals surface area contributed by atoms with Crippen LogP contribution < -0.4 is 0 Å². The Hall–Kier alpha value is -4.92. The van der Waals surface area contributed by atoms with Crippen LogP contribution in [0, 0.1) is 0 Å². The number of thioether (sulfide) groups is 1. The van der Waals surface area contributed by atoms with Crippen molar-refractivity contribution >= 4 is 44.2 Å². The monoisotopic (exact) mass is 565 g/mol. The molecule has 43 heavy (non-hydrogen) atoms. The maximum absolute atomic E-state index is 5.15. The zero-order valence-corrected chi connectivity index (χ0v) is 24.3. The molecule has 2 unspecified atom stereocenters. The Bertz CT molecular complexity index is 2260. The van der Waals surface area contributed by atoms with Gasteiger partial charge in [0.15, 0.2) is 0 Å². The summed E-state index contributed by atoms with van der Waals surface area (Å²) < 4.78 is 0. The van der Waals surface area contributed by atoms with Gasteiger partial charge in [-0.1, -0.05) is 127 Å². The topological polar surface area (TPSA) is 12.9 Å². The van der Waals surface area contributed by atoms with E-state index < -0.39 is 0 Å². The summed E-state index contributed by atoms with van der Waals surface area (Å²) in [6.45, 7) is 0. The molecular formula is C41H27NS. The van der Waals surface area contributed by atoms with Gasteiger partial charge in [0.2, 0.25) is 0 Å². The normalized spacial score (nSPS) is 17.0. The first-order chi connectivity index (χ1) is 21.3. The van der Waals surface area contributed by atoms with Gasteiger partial charge in [0, 0.05) is 21.4 Å². The maximum atomic E-state index is 5.15. The molecule has 2 atom stereocenters. The van der Waals surface area contributed by atoms with Crippen LogP contribution in [0.3, 0.4) is 0 Å². The lowest BCUT2D eigenvalue weighted by atomic mass is 9.85. The number of benzene rings is 6. The molecule has 9 rings (SSSR count). The van der Waals surface area contributed by atoms with Crippen molar-refractivity contribution in [2.45, 2.75) is 16.1 Å². The third-order valence-corrected chi connectivity index (χ3v) is 10.3. The molecule has 0 fully saturated rings. The van der Waals surface area contributed by atoms with Crippen LogP contribution in [0.5, 0.6) is 0 Å². The smallest absolute Gasteiger partial charge is 0.0706 e. The minimum Gasteiger partial charge on any atom is -0.251 e. The average Bonchev–Trinajstić information content (AvgIpc) is 3.43. The molecule has 2 heterocycles. The number of fused-ring (bicyclic) bond motifs is 6. The van der Waals surface area contributed by atoms with E-state index in [1.165, 1.54) is 70.9 Å². The summed E-state index contributed by atoms with van der Waals surface area (Å²) in [5.74, 6) is 0.375. The maximum Gasteiger partial charge on any atom is 0.0706 e. The molecule has 1 nitrogen and oxygen atoms in total. The highest BCUT2D eigenvalue weighted by Crippen LogP contribution is 2.48. The van der Waals surface area contributed by atoms with Crippen molar-refractivity contribution in [3.05, 3.63) is 157 Å². The predicted molar refractivity (Wildman–Crippen MR) is 184 cm³/mol. The number of rotatable bonds is 3. The number of allylic oxidation sites excluding steroid dienone is 3. The van der Waals surface area contributed by atoms with Gasteiger partial charge >= 0.3 is 0 Å². The summed E-state index contributed by atoms with van der Waals surface area (Å²) in [6.07, 6.45) is 8.92. The van der Waals surface area contributed by atoms with E-state index in [0.29, 0.717) is 11.2 Å². The van der Waals surface area contributed by atoms with Crippen molar-refractivity contribution in [3.8, 4) is 33.4 Å². The minimum atomic E-state index is 0.375. The molecule has 7 aromatic rings. The van der Waals surface area contributed by atoms with Crippen molar-refractivity contribution in [2.75, 3.05) is 0 Å². The van der Waals surface area contributed by atoms with Gasteiger partial charge in [-0.05, 0) is 79.2 Å². The molecule has 0 spiro atoms. The third-order valence-electron chi connectivity index (χ3n) is 8.95. The van der Waals surface area contributed by atoms with E-state index in [0.717, 1.165) is 5.52 Å². The summed E-state index contributed by atoms with van der Waals surface area (Å²) in [4.78, 5) is 6.46. The van der Waals surface area contributed by atoms with Gasteiger partial charge < -0.3 is 0 Å². The molecule has 1 aliphatic carbocycles. The Morgan fingerprint density at radius 1 is 0.488 bits per heavy atom. The minimum absolute atomic E-state index is 0.375. The van der Waals surface area contributed by atoms with E-state index in [9.17, 15) is 0 Å². The average molecular weight is 566 g/mol. The van der Waals surface area contributed by atoms with Crippen molar-refractivity contribution in [1.29, 1.82) is 0 Å². The Kier molecular flexibility index (Phi) is 5.64. The van der Waals surface area contributed by atoms with E-state index in [-0.39, 0.29) is 0 Å². The Balaban J connectivity index is 1.28. The fraction of sp³-hybridized carbons (Fsp3) is 0.0488. The number of hydrogen-bond acceptors (Lipinski definition) is 2. The van der Waals surface area contributed by atoms with Gasteiger partial charge in [-0.25, -0.2) is 0 Å². The molecule has 6 aromatic carbocycles. The molecule has 0 saturated carbocycles. The Morgan fingerprint density at radius 3 is 1.84 bits per heavy atom. The molecule has 0 radical (unpaired) electrons. The second-order valence-corrected chi connectivity index (χ2v) is 12.7. The summed E-state index contributed by atoms with van der Waals surface area (Å²) in [7, 11) is 0. The van der Waals surface area contributed by atoms with Crippen LogP contribution in [0.15, 0.2) is 157 Å². The largest absolute Gasteiger partial charge is 0.251 e. The predicted octanol–water partition coefficient (Wildman–Crippen LogP) is 11.2. The lowest BCUT2D eigenvalue weighted by molar-refractivity contribution is 0.844. The molecule has 1 aliphatic heterocycles. The number of aromatic nitrogens is 1. The molecule has 2 aliphatic rings. The SMILES string of the molecule is C1=CC2Sc3cc4cc(-c5ccc6c(-c7ccccc7)c7ccccc7c(-c7ccccc7)c6c5)ccc4nc3C2C=C1. The van der Waals surface area contributed by atoms with Crippen LogP contribution in [0.25, 0.3) is 65.8 Å². The second kappa shape index (κ2) is 9.83.